The normalized spacial score (nSPS) is 16.9. The molecule has 3 heterocycles. The zero-order valence-corrected chi connectivity index (χ0v) is 25.0. The number of rotatable bonds is 8. The second-order valence-electron chi connectivity index (χ2n) is 10.1. The third kappa shape index (κ3) is 6.01. The number of ether oxygens (including phenoxy) is 1. The van der Waals surface area contributed by atoms with Crippen molar-refractivity contribution < 1.29 is 14.3 Å². The van der Waals surface area contributed by atoms with Crippen LogP contribution in [0.3, 0.4) is 0 Å². The number of aromatic nitrogens is 1. The summed E-state index contributed by atoms with van der Waals surface area (Å²) >= 11 is 7.46. The highest BCUT2D eigenvalue weighted by atomic mass is 35.5. The maximum Gasteiger partial charge on any atom is 0.271 e. The number of thiazole rings is 1. The minimum Gasteiger partial charge on any atom is -0.484 e. The van der Waals surface area contributed by atoms with Crippen LogP contribution in [0.1, 0.15) is 50.8 Å². The number of fused-ring (bicyclic) bond motifs is 1. The van der Waals surface area contributed by atoms with Crippen LogP contribution in [0.4, 0.5) is 0 Å². The lowest BCUT2D eigenvalue weighted by molar-refractivity contribution is -0.132. The van der Waals surface area contributed by atoms with Crippen molar-refractivity contribution in [2.75, 3.05) is 32.8 Å². The molecule has 10 heteroatoms. The molecule has 0 spiro atoms. The first kappa shape index (κ1) is 28.8. The van der Waals surface area contributed by atoms with Crippen LogP contribution in [0.2, 0.25) is 5.02 Å². The lowest BCUT2D eigenvalue weighted by atomic mass is 9.94. The zero-order valence-electron chi connectivity index (χ0n) is 23.4. The number of benzene rings is 2. The van der Waals surface area contributed by atoms with Gasteiger partial charge in [0.15, 0.2) is 11.4 Å². The average molecular weight is 593 g/mol. The molecule has 1 atom stereocenters. The second-order valence-corrected chi connectivity index (χ2v) is 11.5. The molecule has 2 aliphatic heterocycles. The number of allylic oxidation sites excluding steroid dienone is 1. The quantitative estimate of drug-likeness (QED) is 0.399. The van der Waals surface area contributed by atoms with E-state index < -0.39 is 6.04 Å². The molecule has 0 saturated carbocycles. The van der Waals surface area contributed by atoms with Gasteiger partial charge in [-0.15, -0.1) is 0 Å². The number of carbonyl (C=O) groups is 2. The van der Waals surface area contributed by atoms with Gasteiger partial charge in [-0.3, -0.25) is 19.0 Å². The largest absolute Gasteiger partial charge is 0.484 e. The molecule has 41 heavy (non-hydrogen) atoms. The summed E-state index contributed by atoms with van der Waals surface area (Å²) in [6, 6.07) is 13.9. The van der Waals surface area contributed by atoms with E-state index in [0.29, 0.717) is 44.5 Å². The Labute approximate surface area is 247 Å². The zero-order chi connectivity index (χ0) is 29.1. The Morgan fingerprint density at radius 2 is 1.73 bits per heavy atom. The molecule has 8 nitrogen and oxygen atoms in total. The van der Waals surface area contributed by atoms with Crippen LogP contribution in [0, 0.1) is 0 Å². The summed E-state index contributed by atoms with van der Waals surface area (Å²) in [7, 11) is 0. The molecule has 1 fully saturated rings. The summed E-state index contributed by atoms with van der Waals surface area (Å²) in [4.78, 5) is 48.6. The van der Waals surface area contributed by atoms with E-state index >= 15 is 0 Å². The smallest absolute Gasteiger partial charge is 0.271 e. The topological polar surface area (TPSA) is 84.2 Å². The van der Waals surface area contributed by atoms with E-state index in [0.717, 1.165) is 37.1 Å². The molecule has 0 N–H and O–H groups in total. The van der Waals surface area contributed by atoms with Crippen molar-refractivity contribution in [3.63, 3.8) is 0 Å². The number of carbonyl (C=O) groups excluding carboxylic acids is 2. The van der Waals surface area contributed by atoms with Gasteiger partial charge in [-0.05, 0) is 75.1 Å². The van der Waals surface area contributed by atoms with E-state index in [1.165, 1.54) is 11.3 Å². The molecule has 0 unspecified atom stereocenters. The van der Waals surface area contributed by atoms with E-state index in [1.807, 2.05) is 56.0 Å². The van der Waals surface area contributed by atoms with Gasteiger partial charge in [-0.1, -0.05) is 47.2 Å². The lowest BCUT2D eigenvalue weighted by Crippen LogP contribution is -2.43. The van der Waals surface area contributed by atoms with Crippen LogP contribution in [-0.2, 0) is 9.59 Å². The minimum absolute atomic E-state index is 0.00272. The first-order chi connectivity index (χ1) is 19.8. The van der Waals surface area contributed by atoms with Crippen LogP contribution >= 0.6 is 22.9 Å². The van der Waals surface area contributed by atoms with Crippen molar-refractivity contribution in [2.45, 2.75) is 39.7 Å². The first-order valence-corrected chi connectivity index (χ1v) is 15.1. The van der Waals surface area contributed by atoms with Crippen molar-refractivity contribution in [3.05, 3.63) is 95.6 Å². The molecule has 1 saturated heterocycles. The molecule has 0 aliphatic carbocycles. The summed E-state index contributed by atoms with van der Waals surface area (Å²) < 4.78 is 7.82. The van der Waals surface area contributed by atoms with Gasteiger partial charge in [0.05, 0.1) is 21.8 Å². The summed E-state index contributed by atoms with van der Waals surface area (Å²) in [5.74, 6) is 0.454. The van der Waals surface area contributed by atoms with Crippen molar-refractivity contribution in [1.29, 1.82) is 0 Å². The van der Waals surface area contributed by atoms with Crippen LogP contribution in [-0.4, -0.2) is 59.0 Å². The van der Waals surface area contributed by atoms with E-state index in [4.69, 9.17) is 21.3 Å². The molecule has 2 aliphatic rings. The SMILES string of the molecule is CCN(CC)C(=O)C1=C(C)N=c2s/c(=C\c3ccc(OCC(=O)N4CCCC4)cc3)c(=O)n2[C@@H]1c1ccc(Cl)cc1. The van der Waals surface area contributed by atoms with Gasteiger partial charge < -0.3 is 14.5 Å². The van der Waals surface area contributed by atoms with Crippen molar-refractivity contribution in [3.8, 4) is 5.75 Å². The number of hydrogen-bond donors (Lipinski definition) is 0. The van der Waals surface area contributed by atoms with Gasteiger partial charge in [0.2, 0.25) is 0 Å². The molecule has 1 aromatic heterocycles. The van der Waals surface area contributed by atoms with E-state index in [9.17, 15) is 14.4 Å². The number of likely N-dealkylation sites (tertiary alicyclic amines) is 1. The van der Waals surface area contributed by atoms with Gasteiger partial charge in [0.1, 0.15) is 5.75 Å². The predicted molar refractivity (Wildman–Crippen MR) is 161 cm³/mol. The van der Waals surface area contributed by atoms with Crippen molar-refractivity contribution >= 4 is 40.8 Å². The third-order valence-corrected chi connectivity index (χ3v) is 8.72. The highest BCUT2D eigenvalue weighted by Crippen LogP contribution is 2.31. The molecule has 214 valence electrons. The average Bonchev–Trinajstić information content (AvgIpc) is 3.61. The number of amides is 2. The summed E-state index contributed by atoms with van der Waals surface area (Å²) in [5.41, 5.74) is 2.46. The maximum atomic E-state index is 13.9. The van der Waals surface area contributed by atoms with Gasteiger partial charge >= 0.3 is 0 Å². The van der Waals surface area contributed by atoms with Gasteiger partial charge in [-0.2, -0.15) is 0 Å². The lowest BCUT2D eigenvalue weighted by Gasteiger charge is -2.29. The second kappa shape index (κ2) is 12.4. The Bertz CT molecular complexity index is 1650. The van der Waals surface area contributed by atoms with E-state index in [1.54, 1.807) is 33.7 Å². The third-order valence-electron chi connectivity index (χ3n) is 7.49. The minimum atomic E-state index is -0.623. The number of nitrogens with zero attached hydrogens (tertiary/aromatic N) is 4. The Kier molecular flexibility index (Phi) is 8.75. The molecule has 5 rings (SSSR count). The summed E-state index contributed by atoms with van der Waals surface area (Å²) in [5, 5.41) is 0.575. The Balaban J connectivity index is 1.48. The summed E-state index contributed by atoms with van der Waals surface area (Å²) in [6.07, 6.45) is 3.89. The standard InChI is InChI=1S/C31H33ClN4O4S/c1-4-34(5-2)30(39)27-20(3)33-31-36(28(27)22-10-12-23(32)13-11-22)29(38)25(41-31)18-21-8-14-24(15-9-21)40-19-26(37)35-16-6-7-17-35/h8-15,18,28H,4-7,16-17,19H2,1-3H3/b25-18-/t28-/m1/s1. The number of hydrogen-bond acceptors (Lipinski definition) is 6. The first-order valence-electron chi connectivity index (χ1n) is 13.9. The molecule has 0 bridgehead atoms. The van der Waals surface area contributed by atoms with E-state index in [2.05, 4.69) is 0 Å². The molecular weight excluding hydrogens is 560 g/mol. The predicted octanol–water partition coefficient (Wildman–Crippen LogP) is 3.76. The van der Waals surface area contributed by atoms with Crippen LogP contribution in [0.25, 0.3) is 6.08 Å². The highest BCUT2D eigenvalue weighted by molar-refractivity contribution is 7.07. The van der Waals surface area contributed by atoms with Gasteiger partial charge in [0, 0.05) is 31.2 Å². The molecular formula is C31H33ClN4O4S. The molecule has 2 aromatic carbocycles. The Hall–Kier alpha value is -3.69. The Morgan fingerprint density at radius 3 is 2.37 bits per heavy atom. The van der Waals surface area contributed by atoms with Crippen LogP contribution in [0.15, 0.2) is 69.6 Å². The van der Waals surface area contributed by atoms with Crippen LogP contribution in [0.5, 0.6) is 5.75 Å². The van der Waals surface area contributed by atoms with Crippen molar-refractivity contribution in [2.24, 2.45) is 4.99 Å². The highest BCUT2D eigenvalue weighted by Gasteiger charge is 2.34. The number of likely N-dealkylation sites (N-methyl/N-ethyl adjacent to an activating group) is 1. The monoisotopic (exact) mass is 592 g/mol. The fourth-order valence-corrected chi connectivity index (χ4v) is 6.42. The van der Waals surface area contributed by atoms with Gasteiger partial charge in [0.25, 0.3) is 17.4 Å². The fraction of sp³-hybridized carbons (Fsp3) is 0.355. The van der Waals surface area contributed by atoms with Crippen LogP contribution < -0.4 is 19.6 Å². The Morgan fingerprint density at radius 1 is 1.07 bits per heavy atom. The maximum absolute atomic E-state index is 13.9. The van der Waals surface area contributed by atoms with E-state index in [-0.39, 0.29) is 24.0 Å². The summed E-state index contributed by atoms with van der Waals surface area (Å²) in [6.45, 7) is 8.40. The number of halogens is 1. The molecule has 0 radical (unpaired) electrons. The van der Waals surface area contributed by atoms with Gasteiger partial charge in [-0.25, -0.2) is 4.99 Å². The molecule has 2 amide bonds. The van der Waals surface area contributed by atoms with Crippen molar-refractivity contribution in [1.82, 2.24) is 14.4 Å². The fourth-order valence-electron chi connectivity index (χ4n) is 5.25. The molecule has 3 aromatic rings.